The van der Waals surface area contributed by atoms with Crippen LogP contribution < -0.4 is 5.32 Å². The summed E-state index contributed by atoms with van der Waals surface area (Å²) in [6.45, 7) is 3.22. The van der Waals surface area contributed by atoms with Gasteiger partial charge in [-0.1, -0.05) is 18.2 Å². The minimum Gasteiger partial charge on any atom is -0.307 e. The first-order valence-electron chi connectivity index (χ1n) is 6.46. The van der Waals surface area contributed by atoms with Crippen molar-refractivity contribution >= 4 is 10.9 Å². The molecule has 1 saturated heterocycles. The highest BCUT2D eigenvalue weighted by atomic mass is 15.1. The van der Waals surface area contributed by atoms with Crippen molar-refractivity contribution in [3.8, 4) is 0 Å². The molecule has 3 rings (SSSR count). The van der Waals surface area contributed by atoms with E-state index in [1.807, 2.05) is 12.1 Å². The van der Waals surface area contributed by atoms with Crippen molar-refractivity contribution in [3.05, 3.63) is 36.3 Å². The van der Waals surface area contributed by atoms with E-state index in [2.05, 4.69) is 39.4 Å². The SMILES string of the molecule is CN1CCNC(c2ncnc3ccccc23)CC1. The summed E-state index contributed by atoms with van der Waals surface area (Å²) in [6.07, 6.45) is 2.77. The van der Waals surface area contributed by atoms with Crippen LogP contribution in [0.25, 0.3) is 10.9 Å². The highest BCUT2D eigenvalue weighted by Crippen LogP contribution is 2.23. The molecule has 1 N–H and O–H groups in total. The second kappa shape index (κ2) is 5.00. The summed E-state index contributed by atoms with van der Waals surface area (Å²) in [4.78, 5) is 11.2. The van der Waals surface area contributed by atoms with Gasteiger partial charge >= 0.3 is 0 Å². The van der Waals surface area contributed by atoms with Gasteiger partial charge in [0.1, 0.15) is 6.33 Å². The van der Waals surface area contributed by atoms with Crippen LogP contribution in [0.15, 0.2) is 30.6 Å². The van der Waals surface area contributed by atoms with E-state index in [0.29, 0.717) is 6.04 Å². The van der Waals surface area contributed by atoms with Gasteiger partial charge in [-0.25, -0.2) is 9.97 Å². The van der Waals surface area contributed by atoms with Crippen molar-refractivity contribution < 1.29 is 0 Å². The van der Waals surface area contributed by atoms with Gasteiger partial charge in [-0.2, -0.15) is 0 Å². The van der Waals surface area contributed by atoms with Gasteiger partial charge in [0, 0.05) is 18.5 Å². The summed E-state index contributed by atoms with van der Waals surface area (Å²) in [6, 6.07) is 8.57. The Morgan fingerprint density at radius 3 is 3.06 bits per heavy atom. The van der Waals surface area contributed by atoms with Crippen molar-refractivity contribution in [2.24, 2.45) is 0 Å². The average Bonchev–Trinajstić information content (AvgIpc) is 2.63. The molecule has 0 amide bonds. The monoisotopic (exact) mass is 242 g/mol. The molecule has 1 aromatic carbocycles. The molecule has 0 spiro atoms. The number of hydrogen-bond acceptors (Lipinski definition) is 4. The number of nitrogens with zero attached hydrogens (tertiary/aromatic N) is 3. The zero-order chi connectivity index (χ0) is 12.4. The van der Waals surface area contributed by atoms with Crippen LogP contribution in [0.2, 0.25) is 0 Å². The zero-order valence-electron chi connectivity index (χ0n) is 10.6. The number of benzene rings is 1. The number of hydrogen-bond donors (Lipinski definition) is 1. The first-order chi connectivity index (χ1) is 8.84. The zero-order valence-corrected chi connectivity index (χ0v) is 10.6. The highest BCUT2D eigenvalue weighted by Gasteiger charge is 2.19. The fourth-order valence-electron chi connectivity index (χ4n) is 2.53. The summed E-state index contributed by atoms with van der Waals surface area (Å²) < 4.78 is 0. The Balaban J connectivity index is 1.98. The maximum atomic E-state index is 4.51. The lowest BCUT2D eigenvalue weighted by molar-refractivity contribution is 0.355. The summed E-state index contributed by atoms with van der Waals surface area (Å²) in [5.74, 6) is 0. The van der Waals surface area contributed by atoms with Gasteiger partial charge in [-0.15, -0.1) is 0 Å². The van der Waals surface area contributed by atoms with E-state index in [4.69, 9.17) is 0 Å². The first-order valence-corrected chi connectivity index (χ1v) is 6.46. The molecule has 0 aliphatic carbocycles. The largest absolute Gasteiger partial charge is 0.307 e. The molecule has 18 heavy (non-hydrogen) atoms. The van der Waals surface area contributed by atoms with Crippen molar-refractivity contribution in [2.45, 2.75) is 12.5 Å². The highest BCUT2D eigenvalue weighted by molar-refractivity contribution is 5.80. The molecule has 2 heterocycles. The molecule has 0 radical (unpaired) electrons. The Morgan fingerprint density at radius 1 is 1.22 bits per heavy atom. The Kier molecular flexibility index (Phi) is 3.21. The molecule has 1 aliphatic rings. The molecular weight excluding hydrogens is 224 g/mol. The van der Waals surface area contributed by atoms with Crippen molar-refractivity contribution in [1.82, 2.24) is 20.2 Å². The first kappa shape index (κ1) is 11.6. The van der Waals surface area contributed by atoms with E-state index < -0.39 is 0 Å². The summed E-state index contributed by atoms with van der Waals surface area (Å²) in [5, 5.41) is 4.76. The Bertz CT molecular complexity index is 535. The minimum atomic E-state index is 0.336. The third-order valence-electron chi connectivity index (χ3n) is 3.59. The van der Waals surface area contributed by atoms with Crippen molar-refractivity contribution in [1.29, 1.82) is 0 Å². The fraction of sp³-hybridized carbons (Fsp3) is 0.429. The van der Waals surface area contributed by atoms with E-state index in [1.54, 1.807) is 6.33 Å². The molecule has 0 bridgehead atoms. The normalized spacial score (nSPS) is 21.9. The van der Waals surface area contributed by atoms with Gasteiger partial charge in [0.15, 0.2) is 0 Å². The predicted octanol–water partition coefficient (Wildman–Crippen LogP) is 1.60. The molecular formula is C14H18N4. The lowest BCUT2D eigenvalue weighted by Crippen LogP contribution is -2.25. The van der Waals surface area contributed by atoms with Crippen molar-refractivity contribution in [3.63, 3.8) is 0 Å². The third kappa shape index (κ3) is 2.21. The molecule has 1 unspecified atom stereocenters. The van der Waals surface area contributed by atoms with Crippen LogP contribution in [-0.2, 0) is 0 Å². The van der Waals surface area contributed by atoms with Gasteiger partial charge in [0.2, 0.25) is 0 Å². The maximum Gasteiger partial charge on any atom is 0.116 e. The van der Waals surface area contributed by atoms with E-state index in [0.717, 1.165) is 37.3 Å². The number of nitrogens with one attached hydrogen (secondary N) is 1. The molecule has 94 valence electrons. The summed E-state index contributed by atoms with van der Waals surface area (Å²) in [5.41, 5.74) is 2.16. The van der Waals surface area contributed by atoms with Gasteiger partial charge in [-0.05, 0) is 26.1 Å². The van der Waals surface area contributed by atoms with E-state index >= 15 is 0 Å². The second-order valence-corrected chi connectivity index (χ2v) is 4.87. The Hall–Kier alpha value is -1.52. The standard InChI is InChI=1S/C14H18N4/c1-18-8-6-13(15-7-9-18)14-11-4-2-3-5-12(11)16-10-17-14/h2-5,10,13,15H,6-9H2,1H3. The maximum absolute atomic E-state index is 4.51. The van der Waals surface area contributed by atoms with E-state index in [1.165, 1.54) is 5.39 Å². The van der Waals surface area contributed by atoms with E-state index in [9.17, 15) is 0 Å². The number of likely N-dealkylation sites (N-methyl/N-ethyl adjacent to an activating group) is 1. The Labute approximate surface area is 107 Å². The molecule has 1 aromatic heterocycles. The number of rotatable bonds is 1. The van der Waals surface area contributed by atoms with Crippen LogP contribution in [-0.4, -0.2) is 41.5 Å². The van der Waals surface area contributed by atoms with E-state index in [-0.39, 0.29) is 0 Å². The topological polar surface area (TPSA) is 41.0 Å². The van der Waals surface area contributed by atoms with Crippen LogP contribution in [0.1, 0.15) is 18.2 Å². The lowest BCUT2D eigenvalue weighted by Gasteiger charge is -2.16. The number of para-hydroxylation sites is 1. The fourth-order valence-corrected chi connectivity index (χ4v) is 2.53. The van der Waals surface area contributed by atoms with Gasteiger partial charge in [-0.3, -0.25) is 0 Å². The Morgan fingerprint density at radius 2 is 2.11 bits per heavy atom. The van der Waals surface area contributed by atoms with Gasteiger partial charge < -0.3 is 10.2 Å². The molecule has 2 aromatic rings. The van der Waals surface area contributed by atoms with Gasteiger partial charge in [0.25, 0.3) is 0 Å². The molecule has 4 nitrogen and oxygen atoms in total. The van der Waals surface area contributed by atoms with Gasteiger partial charge in [0.05, 0.1) is 17.3 Å². The molecule has 1 aliphatic heterocycles. The third-order valence-corrected chi connectivity index (χ3v) is 3.59. The van der Waals surface area contributed by atoms with Crippen LogP contribution >= 0.6 is 0 Å². The van der Waals surface area contributed by atoms with Crippen LogP contribution in [0.3, 0.4) is 0 Å². The second-order valence-electron chi connectivity index (χ2n) is 4.87. The number of aromatic nitrogens is 2. The molecule has 0 saturated carbocycles. The lowest BCUT2D eigenvalue weighted by atomic mass is 10.1. The molecule has 1 fully saturated rings. The van der Waals surface area contributed by atoms with Crippen LogP contribution in [0.4, 0.5) is 0 Å². The minimum absolute atomic E-state index is 0.336. The summed E-state index contributed by atoms with van der Waals surface area (Å²) >= 11 is 0. The summed E-state index contributed by atoms with van der Waals surface area (Å²) in [7, 11) is 2.17. The average molecular weight is 242 g/mol. The smallest absolute Gasteiger partial charge is 0.116 e. The predicted molar refractivity (Wildman–Crippen MR) is 72.4 cm³/mol. The quantitative estimate of drug-likeness (QED) is 0.824. The van der Waals surface area contributed by atoms with Crippen LogP contribution in [0, 0.1) is 0 Å². The van der Waals surface area contributed by atoms with Crippen LogP contribution in [0.5, 0.6) is 0 Å². The molecule has 1 atom stereocenters. The van der Waals surface area contributed by atoms with Crippen molar-refractivity contribution in [2.75, 3.05) is 26.7 Å². The molecule has 4 heteroatoms. The number of fused-ring (bicyclic) bond motifs is 1.